The van der Waals surface area contributed by atoms with Gasteiger partial charge in [0.1, 0.15) is 0 Å². The van der Waals surface area contributed by atoms with Gasteiger partial charge in [-0.2, -0.15) is 0 Å². The van der Waals surface area contributed by atoms with Gasteiger partial charge in [-0.05, 0) is 24.7 Å². The van der Waals surface area contributed by atoms with E-state index >= 15 is 0 Å². The summed E-state index contributed by atoms with van der Waals surface area (Å²) in [5, 5.41) is 0. The van der Waals surface area contributed by atoms with Gasteiger partial charge in [0.15, 0.2) is 0 Å². The average molecular weight is 363 g/mol. The second-order valence-corrected chi connectivity index (χ2v) is 7.15. The predicted octanol–water partition coefficient (Wildman–Crippen LogP) is 4.68. The summed E-state index contributed by atoms with van der Waals surface area (Å²) in [7, 11) is 0. The molecule has 141 valence electrons. The molecule has 0 amide bonds. The Bertz CT molecular complexity index is 331. The number of rotatable bonds is 14. The number of carbonyl (C=O) groups excluding carboxylic acids is 2. The van der Waals surface area contributed by atoms with Crippen molar-refractivity contribution >= 4 is 41.5 Å². The molecule has 0 aromatic carbocycles. The van der Waals surface area contributed by atoms with Crippen LogP contribution in [0.1, 0.15) is 79.1 Å². The van der Waals surface area contributed by atoms with Crippen molar-refractivity contribution < 1.29 is 19.1 Å². The molecule has 25 heavy (non-hydrogen) atoms. The standard InChI is InChI=1S/C20H36O4.Na/c1-17(2)11-7-5-9-15-23-19(21)13-14-20(22)24-16-10-6-8-12-18(3)4;/h13-14,17-18H,5-12,15-16H2,1-4H3;/b14-13-;. The fourth-order valence-electron chi connectivity index (χ4n) is 2.24. The molecular formula is C20H36NaO4. The molecule has 0 atom stereocenters. The van der Waals surface area contributed by atoms with Crippen LogP contribution >= 0.6 is 0 Å². The van der Waals surface area contributed by atoms with Crippen LogP contribution in [-0.2, 0) is 19.1 Å². The molecular weight excluding hydrogens is 327 g/mol. The van der Waals surface area contributed by atoms with E-state index in [0.717, 1.165) is 62.5 Å². The fourth-order valence-corrected chi connectivity index (χ4v) is 2.24. The predicted molar refractivity (Wildman–Crippen MR) is 103 cm³/mol. The first-order chi connectivity index (χ1) is 11.4. The molecule has 0 saturated heterocycles. The van der Waals surface area contributed by atoms with Gasteiger partial charge >= 0.3 is 11.9 Å². The maximum Gasteiger partial charge on any atom is 0.331 e. The third kappa shape index (κ3) is 21.6. The normalized spacial score (nSPS) is 11.0. The monoisotopic (exact) mass is 363 g/mol. The molecule has 0 bridgehead atoms. The van der Waals surface area contributed by atoms with Gasteiger partial charge in [-0.15, -0.1) is 0 Å². The summed E-state index contributed by atoms with van der Waals surface area (Å²) in [5.74, 6) is 0.480. The Kier molecular flexibility index (Phi) is 19.9. The van der Waals surface area contributed by atoms with E-state index in [-0.39, 0.29) is 29.6 Å². The maximum atomic E-state index is 11.5. The van der Waals surface area contributed by atoms with Crippen molar-refractivity contribution in [2.75, 3.05) is 13.2 Å². The first kappa shape index (κ1) is 26.9. The van der Waals surface area contributed by atoms with Crippen molar-refractivity contribution in [3.63, 3.8) is 0 Å². The van der Waals surface area contributed by atoms with E-state index in [9.17, 15) is 9.59 Å². The minimum atomic E-state index is -0.479. The van der Waals surface area contributed by atoms with Gasteiger partial charge in [0.25, 0.3) is 0 Å². The topological polar surface area (TPSA) is 52.6 Å². The number of unbranched alkanes of at least 4 members (excludes halogenated alkanes) is 4. The van der Waals surface area contributed by atoms with E-state index in [1.54, 1.807) is 0 Å². The van der Waals surface area contributed by atoms with Gasteiger partial charge < -0.3 is 9.47 Å². The second-order valence-electron chi connectivity index (χ2n) is 7.15. The van der Waals surface area contributed by atoms with Gasteiger partial charge in [0.2, 0.25) is 0 Å². The van der Waals surface area contributed by atoms with Crippen molar-refractivity contribution in [3.8, 4) is 0 Å². The summed E-state index contributed by atoms with van der Waals surface area (Å²) in [6.07, 6.45) is 10.9. The third-order valence-electron chi connectivity index (χ3n) is 3.70. The van der Waals surface area contributed by atoms with E-state index < -0.39 is 11.9 Å². The zero-order valence-electron chi connectivity index (χ0n) is 17.0. The zero-order valence-corrected chi connectivity index (χ0v) is 19.0. The SMILES string of the molecule is CC(C)CCCCCOC(=O)/C=C\C(=O)OCCCCCC(C)C.[Na]. The quantitative estimate of drug-likeness (QED) is 0.195. The van der Waals surface area contributed by atoms with Gasteiger partial charge in [0.05, 0.1) is 13.2 Å². The van der Waals surface area contributed by atoms with Gasteiger partial charge in [0, 0.05) is 41.7 Å². The van der Waals surface area contributed by atoms with Crippen molar-refractivity contribution in [1.29, 1.82) is 0 Å². The van der Waals surface area contributed by atoms with Crippen molar-refractivity contribution in [1.82, 2.24) is 0 Å². The fraction of sp³-hybridized carbons (Fsp3) is 0.800. The van der Waals surface area contributed by atoms with Crippen LogP contribution in [0.2, 0.25) is 0 Å². The average Bonchev–Trinajstić information content (AvgIpc) is 2.51. The van der Waals surface area contributed by atoms with Crippen LogP contribution in [0.5, 0.6) is 0 Å². The molecule has 0 aliphatic rings. The molecule has 0 heterocycles. The number of hydrogen-bond acceptors (Lipinski definition) is 4. The molecule has 0 rings (SSSR count). The zero-order chi connectivity index (χ0) is 18.2. The Morgan fingerprint density at radius 2 is 1.04 bits per heavy atom. The summed E-state index contributed by atoms with van der Waals surface area (Å²) in [6.45, 7) is 9.63. The first-order valence-corrected chi connectivity index (χ1v) is 9.43. The molecule has 0 fully saturated rings. The number of ether oxygens (including phenoxy) is 2. The van der Waals surface area contributed by atoms with E-state index in [0.29, 0.717) is 13.2 Å². The van der Waals surface area contributed by atoms with Crippen LogP contribution in [0.15, 0.2) is 12.2 Å². The Hall–Kier alpha value is -0.320. The summed E-state index contributed by atoms with van der Waals surface area (Å²) in [6, 6.07) is 0. The van der Waals surface area contributed by atoms with Crippen molar-refractivity contribution in [2.45, 2.75) is 79.1 Å². The first-order valence-electron chi connectivity index (χ1n) is 9.43. The van der Waals surface area contributed by atoms with E-state index in [1.165, 1.54) is 12.8 Å². The summed E-state index contributed by atoms with van der Waals surface area (Å²) < 4.78 is 10.1. The molecule has 0 saturated carbocycles. The van der Waals surface area contributed by atoms with Crippen LogP contribution in [0, 0.1) is 11.8 Å². The molecule has 1 radical (unpaired) electrons. The number of hydrogen-bond donors (Lipinski definition) is 0. The minimum Gasteiger partial charge on any atom is -0.463 e. The maximum absolute atomic E-state index is 11.5. The third-order valence-corrected chi connectivity index (χ3v) is 3.70. The molecule has 0 aromatic rings. The van der Waals surface area contributed by atoms with Crippen LogP contribution in [0.3, 0.4) is 0 Å². The van der Waals surface area contributed by atoms with Crippen molar-refractivity contribution in [3.05, 3.63) is 12.2 Å². The van der Waals surface area contributed by atoms with Crippen molar-refractivity contribution in [2.24, 2.45) is 11.8 Å². The minimum absolute atomic E-state index is 0. The Morgan fingerprint density at radius 1 is 0.680 bits per heavy atom. The van der Waals surface area contributed by atoms with Crippen LogP contribution in [-0.4, -0.2) is 54.7 Å². The van der Waals surface area contributed by atoms with E-state index in [2.05, 4.69) is 27.7 Å². The largest absolute Gasteiger partial charge is 0.463 e. The summed E-state index contributed by atoms with van der Waals surface area (Å²) in [4.78, 5) is 22.9. The molecule has 4 nitrogen and oxygen atoms in total. The molecule has 0 unspecified atom stereocenters. The molecule has 5 heteroatoms. The van der Waals surface area contributed by atoms with Crippen LogP contribution in [0.4, 0.5) is 0 Å². The molecule has 0 aromatic heterocycles. The van der Waals surface area contributed by atoms with Gasteiger partial charge in [-0.3, -0.25) is 0 Å². The smallest absolute Gasteiger partial charge is 0.331 e. The molecule has 0 aliphatic carbocycles. The second kappa shape index (κ2) is 18.5. The van der Waals surface area contributed by atoms with E-state index in [1.807, 2.05) is 0 Å². The van der Waals surface area contributed by atoms with Crippen LogP contribution in [0.25, 0.3) is 0 Å². The molecule has 0 aliphatic heterocycles. The Balaban J connectivity index is 0. The number of carbonyl (C=O) groups is 2. The van der Waals surface area contributed by atoms with Crippen LogP contribution < -0.4 is 0 Å². The van der Waals surface area contributed by atoms with Gasteiger partial charge in [-0.1, -0.05) is 66.2 Å². The van der Waals surface area contributed by atoms with E-state index in [4.69, 9.17) is 9.47 Å². The number of esters is 2. The summed E-state index contributed by atoms with van der Waals surface area (Å²) in [5.41, 5.74) is 0. The Morgan fingerprint density at radius 3 is 1.36 bits per heavy atom. The molecule has 0 N–H and O–H groups in total. The molecule has 0 spiro atoms. The van der Waals surface area contributed by atoms with Gasteiger partial charge in [-0.25, -0.2) is 9.59 Å². The Labute approximate surface area is 176 Å². The summed E-state index contributed by atoms with van der Waals surface area (Å²) >= 11 is 0.